The normalized spacial score (nSPS) is 36.3. The summed E-state index contributed by atoms with van der Waals surface area (Å²) in [5.74, 6) is 0. The molecule has 0 aromatic carbocycles. The van der Waals surface area contributed by atoms with E-state index in [1.54, 1.807) is 0 Å². The molecule has 1 saturated carbocycles. The average Bonchev–Trinajstić information content (AvgIpc) is 2.10. The average molecular weight is 143 g/mol. The molecule has 2 rings (SSSR count). The van der Waals surface area contributed by atoms with E-state index in [2.05, 4.69) is 4.90 Å². The molecule has 1 atom stereocenters. The summed E-state index contributed by atoms with van der Waals surface area (Å²) in [6.45, 7) is 1.72. The van der Waals surface area contributed by atoms with Gasteiger partial charge in [-0.2, -0.15) is 0 Å². The molecule has 0 amide bonds. The van der Waals surface area contributed by atoms with Gasteiger partial charge in [0.2, 0.25) is 0 Å². The Hall–Kier alpha value is -0.110. The van der Waals surface area contributed by atoms with E-state index in [1.165, 1.54) is 19.3 Å². The zero-order valence-electron chi connectivity index (χ0n) is 6.22. The first-order valence-electron chi connectivity index (χ1n) is 4.24. The molecule has 0 N–H and O–H groups in total. The highest BCUT2D eigenvalue weighted by atomic mass is 19.1. The van der Waals surface area contributed by atoms with E-state index in [0.29, 0.717) is 6.54 Å². The van der Waals surface area contributed by atoms with Crippen LogP contribution in [0.4, 0.5) is 4.39 Å². The quantitative estimate of drug-likeness (QED) is 0.538. The van der Waals surface area contributed by atoms with Crippen LogP contribution in [0.1, 0.15) is 25.7 Å². The largest absolute Gasteiger partial charge is 0.297 e. The van der Waals surface area contributed by atoms with Gasteiger partial charge in [0.05, 0.1) is 0 Å². The summed E-state index contributed by atoms with van der Waals surface area (Å²) in [6, 6.07) is 0.751. The molecule has 2 heteroatoms. The Kier molecular flexibility index (Phi) is 1.65. The second kappa shape index (κ2) is 2.50. The molecule has 0 spiro atoms. The Labute approximate surface area is 61.2 Å². The maximum absolute atomic E-state index is 12.7. The summed E-state index contributed by atoms with van der Waals surface area (Å²) >= 11 is 0. The molecule has 0 bridgehead atoms. The van der Waals surface area contributed by atoms with E-state index in [9.17, 15) is 4.39 Å². The van der Waals surface area contributed by atoms with Crippen LogP contribution in [0.15, 0.2) is 0 Å². The zero-order chi connectivity index (χ0) is 6.97. The smallest absolute Gasteiger partial charge is 0.114 e. The second-order valence-corrected chi connectivity index (χ2v) is 3.47. The molecule has 2 fully saturated rings. The van der Waals surface area contributed by atoms with Crippen LogP contribution in [0.3, 0.4) is 0 Å². The van der Waals surface area contributed by atoms with Gasteiger partial charge in [-0.15, -0.1) is 0 Å². The molecule has 10 heavy (non-hydrogen) atoms. The van der Waals surface area contributed by atoms with Crippen LogP contribution in [0, 0.1) is 0 Å². The molecule has 1 aliphatic heterocycles. The predicted molar refractivity (Wildman–Crippen MR) is 38.7 cm³/mol. The van der Waals surface area contributed by atoms with Gasteiger partial charge in [0.25, 0.3) is 0 Å². The Bertz CT molecular complexity index is 122. The van der Waals surface area contributed by atoms with E-state index in [0.717, 1.165) is 19.0 Å². The lowest BCUT2D eigenvalue weighted by Gasteiger charge is -2.34. The first-order chi connectivity index (χ1) is 4.86. The molecule has 0 aromatic heterocycles. The van der Waals surface area contributed by atoms with Gasteiger partial charge in [0, 0.05) is 19.1 Å². The summed E-state index contributed by atoms with van der Waals surface area (Å²) in [5, 5.41) is 0. The van der Waals surface area contributed by atoms with Crippen LogP contribution in [-0.2, 0) is 0 Å². The van der Waals surface area contributed by atoms with Crippen molar-refractivity contribution in [2.45, 2.75) is 37.9 Å². The van der Waals surface area contributed by atoms with Gasteiger partial charge in [-0.1, -0.05) is 6.42 Å². The molecule has 0 aromatic rings. The lowest BCUT2D eigenvalue weighted by molar-refractivity contribution is 0.148. The minimum Gasteiger partial charge on any atom is -0.297 e. The third kappa shape index (κ3) is 1.05. The summed E-state index contributed by atoms with van der Waals surface area (Å²) in [5.41, 5.74) is 0. The third-order valence-electron chi connectivity index (χ3n) is 2.75. The highest BCUT2D eigenvalue weighted by Crippen LogP contribution is 2.28. The van der Waals surface area contributed by atoms with Crippen molar-refractivity contribution in [1.29, 1.82) is 0 Å². The van der Waals surface area contributed by atoms with Gasteiger partial charge in [0.15, 0.2) is 0 Å². The van der Waals surface area contributed by atoms with E-state index in [4.69, 9.17) is 0 Å². The lowest BCUT2D eigenvalue weighted by atomic mass is 9.92. The van der Waals surface area contributed by atoms with Crippen LogP contribution < -0.4 is 0 Å². The fraction of sp³-hybridized carbons (Fsp3) is 1.00. The number of rotatable bonds is 1. The number of hydrogen-bond acceptors (Lipinski definition) is 1. The first-order valence-corrected chi connectivity index (χ1v) is 4.24. The van der Waals surface area contributed by atoms with Crippen LogP contribution in [-0.4, -0.2) is 30.2 Å². The van der Waals surface area contributed by atoms with Gasteiger partial charge in [-0.05, 0) is 19.3 Å². The fourth-order valence-corrected chi connectivity index (χ4v) is 1.83. The monoisotopic (exact) mass is 143 g/mol. The van der Waals surface area contributed by atoms with Crippen molar-refractivity contribution in [3.05, 3.63) is 0 Å². The van der Waals surface area contributed by atoms with Crippen LogP contribution >= 0.6 is 0 Å². The highest BCUT2D eigenvalue weighted by Gasteiger charge is 2.30. The van der Waals surface area contributed by atoms with Crippen molar-refractivity contribution >= 4 is 0 Å². The minimum absolute atomic E-state index is 0.527. The van der Waals surface area contributed by atoms with Crippen molar-refractivity contribution in [2.75, 3.05) is 13.1 Å². The topological polar surface area (TPSA) is 3.24 Å². The van der Waals surface area contributed by atoms with Crippen LogP contribution in [0.2, 0.25) is 0 Å². The number of alkyl halides is 1. The third-order valence-corrected chi connectivity index (χ3v) is 2.75. The van der Waals surface area contributed by atoms with Crippen molar-refractivity contribution in [1.82, 2.24) is 4.90 Å². The molecule has 58 valence electrons. The summed E-state index contributed by atoms with van der Waals surface area (Å²) < 4.78 is 12.7. The van der Waals surface area contributed by atoms with E-state index < -0.39 is 6.17 Å². The molecule has 1 saturated heterocycles. The van der Waals surface area contributed by atoms with Crippen LogP contribution in [0.25, 0.3) is 0 Å². The predicted octanol–water partition coefficient (Wildman–Crippen LogP) is 1.58. The summed E-state index contributed by atoms with van der Waals surface area (Å²) in [4.78, 5) is 2.31. The van der Waals surface area contributed by atoms with Crippen molar-refractivity contribution < 1.29 is 4.39 Å². The molecule has 0 radical (unpaired) electrons. The molecule has 0 unspecified atom stereocenters. The molecule has 1 heterocycles. The van der Waals surface area contributed by atoms with Gasteiger partial charge >= 0.3 is 0 Å². The standard InChI is InChI=1S/C8H14FN/c9-7-4-5-10(6-7)8-2-1-3-8/h7-8H,1-6H2/t7-/m1/s1. The van der Waals surface area contributed by atoms with E-state index in [-0.39, 0.29) is 0 Å². The highest BCUT2D eigenvalue weighted by molar-refractivity contribution is 4.85. The van der Waals surface area contributed by atoms with Crippen molar-refractivity contribution in [3.8, 4) is 0 Å². The Morgan fingerprint density at radius 2 is 2.00 bits per heavy atom. The van der Waals surface area contributed by atoms with Crippen LogP contribution in [0.5, 0.6) is 0 Å². The molecular weight excluding hydrogens is 129 g/mol. The number of likely N-dealkylation sites (tertiary alicyclic amines) is 1. The molecule has 1 aliphatic carbocycles. The number of nitrogens with zero attached hydrogens (tertiary/aromatic N) is 1. The summed E-state index contributed by atoms with van der Waals surface area (Å²) in [6.07, 6.45) is 4.23. The van der Waals surface area contributed by atoms with E-state index in [1.807, 2.05) is 0 Å². The van der Waals surface area contributed by atoms with Gasteiger partial charge < -0.3 is 0 Å². The number of hydrogen-bond donors (Lipinski definition) is 0. The molecular formula is C8H14FN. The van der Waals surface area contributed by atoms with Gasteiger partial charge in [0.1, 0.15) is 6.17 Å². The Morgan fingerprint density at radius 3 is 2.40 bits per heavy atom. The Balaban J connectivity index is 1.82. The molecule has 1 nitrogen and oxygen atoms in total. The van der Waals surface area contributed by atoms with Crippen molar-refractivity contribution in [2.24, 2.45) is 0 Å². The Morgan fingerprint density at radius 1 is 1.20 bits per heavy atom. The fourth-order valence-electron chi connectivity index (χ4n) is 1.83. The van der Waals surface area contributed by atoms with Crippen molar-refractivity contribution in [3.63, 3.8) is 0 Å². The van der Waals surface area contributed by atoms with Gasteiger partial charge in [-0.25, -0.2) is 4.39 Å². The van der Waals surface area contributed by atoms with E-state index >= 15 is 0 Å². The minimum atomic E-state index is -0.527. The zero-order valence-corrected chi connectivity index (χ0v) is 6.22. The summed E-state index contributed by atoms with van der Waals surface area (Å²) in [7, 11) is 0. The first kappa shape index (κ1) is 6.59. The number of halogens is 1. The van der Waals surface area contributed by atoms with Gasteiger partial charge in [-0.3, -0.25) is 4.90 Å². The maximum atomic E-state index is 12.7. The maximum Gasteiger partial charge on any atom is 0.114 e. The SMILES string of the molecule is F[C@@H]1CCN(C2CCC2)C1. The second-order valence-electron chi connectivity index (χ2n) is 3.47. The molecule has 2 aliphatic rings. The lowest BCUT2D eigenvalue weighted by Crippen LogP contribution is -2.38.